The van der Waals surface area contributed by atoms with Crippen LogP contribution in [0.1, 0.15) is 17.3 Å². The summed E-state index contributed by atoms with van der Waals surface area (Å²) in [5, 5.41) is 0. The Labute approximate surface area is 118 Å². The standard InChI is InChI=1S/C14H12Br2O/c1-9-8-11(4-7-13(9)16)14(17)10-2-5-12(15)6-3-10/h2-9,13H,1H3. The number of halogens is 2. The van der Waals surface area contributed by atoms with E-state index < -0.39 is 0 Å². The molecule has 0 bridgehead atoms. The van der Waals surface area contributed by atoms with Crippen molar-refractivity contribution in [1.82, 2.24) is 0 Å². The lowest BCUT2D eigenvalue weighted by atomic mass is 9.93. The molecule has 1 aliphatic rings. The number of alkyl halides is 1. The largest absolute Gasteiger partial charge is 0.289 e. The van der Waals surface area contributed by atoms with Gasteiger partial charge in [-0.15, -0.1) is 0 Å². The number of Topliss-reactive ketones (excluding diaryl/α,β-unsaturated/α-hetero) is 1. The highest BCUT2D eigenvalue weighted by atomic mass is 79.9. The van der Waals surface area contributed by atoms with Crippen molar-refractivity contribution in [3.63, 3.8) is 0 Å². The predicted octanol–water partition coefficient (Wildman–Crippen LogP) is 4.53. The molecule has 0 saturated heterocycles. The molecule has 0 amide bonds. The van der Waals surface area contributed by atoms with E-state index in [0.29, 0.717) is 10.7 Å². The molecule has 3 heteroatoms. The SMILES string of the molecule is CC1C=C(C(=O)c2ccc(Br)cc2)C=CC1Br. The van der Waals surface area contributed by atoms with Crippen molar-refractivity contribution in [3.8, 4) is 0 Å². The number of hydrogen-bond donors (Lipinski definition) is 0. The first-order valence-corrected chi connectivity index (χ1v) is 7.13. The van der Waals surface area contributed by atoms with Gasteiger partial charge in [-0.1, -0.05) is 57.0 Å². The maximum atomic E-state index is 12.2. The number of ketones is 1. The van der Waals surface area contributed by atoms with E-state index in [1.54, 1.807) is 0 Å². The second-order valence-electron chi connectivity index (χ2n) is 4.12. The van der Waals surface area contributed by atoms with Crippen LogP contribution in [0, 0.1) is 5.92 Å². The summed E-state index contributed by atoms with van der Waals surface area (Å²) in [6.45, 7) is 2.10. The number of carbonyl (C=O) groups excluding carboxylic acids is 1. The molecule has 2 atom stereocenters. The average Bonchev–Trinajstić information content (AvgIpc) is 2.33. The minimum atomic E-state index is 0.0833. The van der Waals surface area contributed by atoms with E-state index in [4.69, 9.17) is 0 Å². The van der Waals surface area contributed by atoms with Gasteiger partial charge in [-0.2, -0.15) is 0 Å². The Balaban J connectivity index is 2.24. The van der Waals surface area contributed by atoms with Crippen LogP contribution in [0.5, 0.6) is 0 Å². The summed E-state index contributed by atoms with van der Waals surface area (Å²) in [6, 6.07) is 7.45. The molecule has 2 unspecified atom stereocenters. The maximum Gasteiger partial charge on any atom is 0.192 e. The Hall–Kier alpha value is -0.670. The van der Waals surface area contributed by atoms with Gasteiger partial charge in [0, 0.05) is 20.4 Å². The lowest BCUT2D eigenvalue weighted by Gasteiger charge is -2.17. The van der Waals surface area contributed by atoms with Gasteiger partial charge >= 0.3 is 0 Å². The highest BCUT2D eigenvalue weighted by Crippen LogP contribution is 2.25. The molecular weight excluding hydrogens is 344 g/mol. The van der Waals surface area contributed by atoms with Gasteiger partial charge in [-0.3, -0.25) is 4.79 Å². The van der Waals surface area contributed by atoms with Gasteiger partial charge in [-0.05, 0) is 30.2 Å². The summed E-state index contributed by atoms with van der Waals surface area (Å²) in [5.41, 5.74) is 1.50. The van der Waals surface area contributed by atoms with Crippen LogP contribution in [0.15, 0.2) is 52.5 Å². The van der Waals surface area contributed by atoms with Crippen molar-refractivity contribution in [1.29, 1.82) is 0 Å². The molecule has 1 aromatic carbocycles. The fourth-order valence-electron chi connectivity index (χ4n) is 1.72. The van der Waals surface area contributed by atoms with Crippen LogP contribution < -0.4 is 0 Å². The Morgan fingerprint density at radius 3 is 2.47 bits per heavy atom. The molecule has 88 valence electrons. The van der Waals surface area contributed by atoms with Crippen molar-refractivity contribution < 1.29 is 4.79 Å². The van der Waals surface area contributed by atoms with Crippen molar-refractivity contribution in [3.05, 3.63) is 58.1 Å². The van der Waals surface area contributed by atoms with Gasteiger partial charge in [0.05, 0.1) is 0 Å². The van der Waals surface area contributed by atoms with Gasteiger partial charge < -0.3 is 0 Å². The highest BCUT2D eigenvalue weighted by molar-refractivity contribution is 9.10. The van der Waals surface area contributed by atoms with Gasteiger partial charge in [0.1, 0.15) is 0 Å². The molecule has 1 aliphatic carbocycles. The van der Waals surface area contributed by atoms with Crippen LogP contribution in [-0.4, -0.2) is 10.6 Å². The zero-order valence-electron chi connectivity index (χ0n) is 9.36. The monoisotopic (exact) mass is 354 g/mol. The molecule has 0 aromatic heterocycles. The van der Waals surface area contributed by atoms with E-state index in [0.717, 1.165) is 15.6 Å². The molecule has 17 heavy (non-hydrogen) atoms. The molecule has 1 nitrogen and oxygen atoms in total. The molecule has 0 heterocycles. The van der Waals surface area contributed by atoms with Gasteiger partial charge in [0.15, 0.2) is 5.78 Å². The number of rotatable bonds is 2. The lowest BCUT2D eigenvalue weighted by Crippen LogP contribution is -2.13. The fraction of sp³-hybridized carbons (Fsp3) is 0.214. The summed E-state index contributed by atoms with van der Waals surface area (Å²) in [5.74, 6) is 0.425. The Kier molecular flexibility index (Phi) is 4.00. The second kappa shape index (κ2) is 5.32. The van der Waals surface area contributed by atoms with Gasteiger partial charge in [-0.25, -0.2) is 0 Å². The fourth-order valence-corrected chi connectivity index (χ4v) is 2.29. The molecular formula is C14H12Br2O. The third-order valence-corrected chi connectivity index (χ3v) is 4.44. The average molecular weight is 356 g/mol. The van der Waals surface area contributed by atoms with Crippen molar-refractivity contribution >= 4 is 37.6 Å². The molecule has 0 saturated carbocycles. The maximum absolute atomic E-state index is 12.2. The van der Waals surface area contributed by atoms with E-state index in [1.165, 1.54) is 0 Å². The third kappa shape index (κ3) is 2.96. The molecule has 0 spiro atoms. The van der Waals surface area contributed by atoms with Crippen molar-refractivity contribution in [2.75, 3.05) is 0 Å². The van der Waals surface area contributed by atoms with Crippen molar-refractivity contribution in [2.45, 2.75) is 11.8 Å². The van der Waals surface area contributed by atoms with E-state index in [9.17, 15) is 4.79 Å². The predicted molar refractivity (Wildman–Crippen MR) is 77.6 cm³/mol. The van der Waals surface area contributed by atoms with Gasteiger partial charge in [0.2, 0.25) is 0 Å². The smallest absolute Gasteiger partial charge is 0.192 e. The first kappa shape index (κ1) is 12.8. The van der Waals surface area contributed by atoms with Gasteiger partial charge in [0.25, 0.3) is 0 Å². The minimum absolute atomic E-state index is 0.0833. The minimum Gasteiger partial charge on any atom is -0.289 e. The summed E-state index contributed by atoms with van der Waals surface area (Å²) in [4.78, 5) is 12.5. The van der Waals surface area contributed by atoms with Crippen LogP contribution in [0.2, 0.25) is 0 Å². The quantitative estimate of drug-likeness (QED) is 0.562. The van der Waals surface area contributed by atoms with Crippen LogP contribution in [0.4, 0.5) is 0 Å². The van der Waals surface area contributed by atoms with Crippen molar-refractivity contribution in [2.24, 2.45) is 5.92 Å². The highest BCUT2D eigenvalue weighted by Gasteiger charge is 2.18. The molecule has 0 fully saturated rings. The second-order valence-corrected chi connectivity index (χ2v) is 6.09. The Morgan fingerprint density at radius 2 is 1.88 bits per heavy atom. The van der Waals surface area contributed by atoms with E-state index in [1.807, 2.05) is 42.5 Å². The third-order valence-electron chi connectivity index (χ3n) is 2.77. The normalized spacial score (nSPS) is 23.4. The van der Waals surface area contributed by atoms with E-state index in [2.05, 4.69) is 38.8 Å². The Morgan fingerprint density at radius 1 is 1.24 bits per heavy atom. The summed E-state index contributed by atoms with van der Waals surface area (Å²) >= 11 is 6.91. The molecule has 0 N–H and O–H groups in total. The number of hydrogen-bond acceptors (Lipinski definition) is 1. The lowest BCUT2D eigenvalue weighted by molar-refractivity contribution is 0.103. The number of benzene rings is 1. The molecule has 0 radical (unpaired) electrons. The first-order chi connectivity index (χ1) is 8.08. The zero-order valence-corrected chi connectivity index (χ0v) is 12.5. The van der Waals surface area contributed by atoms with Crippen LogP contribution in [-0.2, 0) is 0 Å². The topological polar surface area (TPSA) is 17.1 Å². The van der Waals surface area contributed by atoms with E-state index >= 15 is 0 Å². The first-order valence-electron chi connectivity index (χ1n) is 5.42. The summed E-state index contributed by atoms with van der Waals surface area (Å²) < 4.78 is 0.983. The molecule has 0 aliphatic heterocycles. The van der Waals surface area contributed by atoms with Crippen LogP contribution in [0.3, 0.4) is 0 Å². The summed E-state index contributed by atoms with van der Waals surface area (Å²) in [7, 11) is 0. The Bertz CT molecular complexity index is 485. The van der Waals surface area contributed by atoms with Crippen LogP contribution >= 0.6 is 31.9 Å². The molecule has 1 aromatic rings. The summed E-state index contributed by atoms with van der Waals surface area (Å²) in [6.07, 6.45) is 5.93. The number of carbonyl (C=O) groups is 1. The zero-order chi connectivity index (χ0) is 12.4. The number of allylic oxidation sites excluding steroid dienone is 4. The van der Waals surface area contributed by atoms with Crippen LogP contribution in [0.25, 0.3) is 0 Å². The molecule has 2 rings (SSSR count). The van der Waals surface area contributed by atoms with E-state index in [-0.39, 0.29) is 5.78 Å².